The Morgan fingerprint density at radius 3 is 1.40 bits per heavy atom. The minimum atomic E-state index is -0.279. The highest BCUT2D eigenvalue weighted by molar-refractivity contribution is 6.34. The van der Waals surface area contributed by atoms with Crippen LogP contribution in [0, 0.1) is 53.4 Å². The summed E-state index contributed by atoms with van der Waals surface area (Å²) in [6.45, 7) is 18.6. The van der Waals surface area contributed by atoms with Gasteiger partial charge < -0.3 is 25.3 Å². The lowest BCUT2D eigenvalue weighted by Gasteiger charge is -2.32. The first-order valence-corrected chi connectivity index (χ1v) is 35.4. The number of hydrogen-bond donors (Lipinski definition) is 3. The van der Waals surface area contributed by atoms with Gasteiger partial charge in [-0.05, 0) is 177 Å². The van der Waals surface area contributed by atoms with Crippen molar-refractivity contribution in [1.82, 2.24) is 80.4 Å². The molecule has 2 fully saturated rings. The molecule has 6 aromatic heterocycles. The maximum Gasteiger partial charge on any atom is 0.292 e. The van der Waals surface area contributed by atoms with Gasteiger partial charge in [0.25, 0.3) is 5.56 Å². The number of ketones is 1. The molecule has 530 valence electrons. The van der Waals surface area contributed by atoms with Gasteiger partial charge in [-0.15, -0.1) is 20.4 Å². The van der Waals surface area contributed by atoms with Gasteiger partial charge in [0, 0.05) is 54.6 Å². The molecule has 102 heavy (non-hydrogen) atoms. The molecule has 21 heteroatoms. The molecule has 0 saturated carbocycles. The highest BCUT2D eigenvalue weighted by atomic mass is 35.5. The fraction of sp³-hybridized carbons (Fsp3) is 0.346. The van der Waals surface area contributed by atoms with Crippen molar-refractivity contribution in [2.45, 2.75) is 100 Å². The standard InChI is InChI=1S/C30H37N7O.C19H15ClN4.C19H16N4O.C12H24N2O.CH4/c1-21-11-13-25(14-12-21)37-22(2)26-27(23-9-6-5-7-10-23)32-33-29(28(26)34-37)36-19-15-24(16-20-36)30(38)31-17-8-18-35(3)4;1-12-8-10-15(11-9-12)24-13(2)16-17(14-6-4-3-5-7-14)21-22-19(20)18(16)23-24;1-12-8-10-15(11-9-12)23-13(2)16-17(14-6-4-3-5-7-14)20-21-19(24)18(16)22-23;1-14(2)10-4-3-5-12(15)11-6-8-13-9-7-11;/h5-7,9-14,24H,8,15-20H2,1-4H3,(H,31,38);3-11H,1-2H3;3-11H,1-2H3,(H,21,24);11,13H,3-10H2,1-2H3;1H4. The summed E-state index contributed by atoms with van der Waals surface area (Å²) in [4.78, 5) is 43.3. The predicted molar refractivity (Wildman–Crippen MR) is 413 cm³/mol. The number of rotatable bonds is 18. The number of fused-ring (bicyclic) bond motifs is 3. The third kappa shape index (κ3) is 18.0. The number of nitrogens with one attached hydrogen (secondary N) is 3. The smallest absolute Gasteiger partial charge is 0.292 e. The zero-order valence-electron chi connectivity index (χ0n) is 59.7. The van der Waals surface area contributed by atoms with Crippen LogP contribution in [-0.4, -0.2) is 155 Å². The number of carbonyl (C=O) groups is 2. The lowest BCUT2D eigenvalue weighted by Crippen LogP contribution is -2.41. The largest absolute Gasteiger partial charge is 0.356 e. The molecule has 12 aromatic rings. The Morgan fingerprint density at radius 2 is 0.922 bits per heavy atom. The van der Waals surface area contributed by atoms with Gasteiger partial charge >= 0.3 is 0 Å². The first kappa shape index (κ1) is 74.6. The van der Waals surface area contributed by atoms with Crippen LogP contribution < -0.4 is 21.1 Å². The van der Waals surface area contributed by atoms with Gasteiger partial charge in [-0.25, -0.2) is 19.1 Å². The number of Topliss-reactive ketones (excluding diaryl/α,β-unsaturated/α-hetero) is 1. The molecule has 8 heterocycles. The number of aromatic amines is 1. The van der Waals surface area contributed by atoms with Gasteiger partial charge in [0.05, 0.1) is 50.3 Å². The summed E-state index contributed by atoms with van der Waals surface area (Å²) >= 11 is 6.27. The molecule has 0 radical (unpaired) electrons. The van der Waals surface area contributed by atoms with Crippen LogP contribution in [-0.2, 0) is 9.59 Å². The quantitative estimate of drug-likeness (QED) is 0.0681. The molecule has 6 aromatic carbocycles. The number of nitrogens with zero attached hydrogens (tertiary/aromatic N) is 14. The number of piperidine rings is 2. The number of hydrogen-bond acceptors (Lipinski definition) is 15. The van der Waals surface area contributed by atoms with E-state index in [4.69, 9.17) is 26.9 Å². The summed E-state index contributed by atoms with van der Waals surface area (Å²) in [5.41, 5.74) is 16.4. The highest BCUT2D eigenvalue weighted by Crippen LogP contribution is 2.37. The summed E-state index contributed by atoms with van der Waals surface area (Å²) in [5, 5.41) is 48.4. The van der Waals surface area contributed by atoms with E-state index in [0.717, 1.165) is 193 Å². The van der Waals surface area contributed by atoms with Crippen LogP contribution in [0.1, 0.15) is 92.6 Å². The molecule has 1 amide bonds. The van der Waals surface area contributed by atoms with Crippen molar-refractivity contribution in [3.63, 3.8) is 0 Å². The van der Waals surface area contributed by atoms with Gasteiger partial charge in [-0.2, -0.15) is 20.4 Å². The van der Waals surface area contributed by atoms with E-state index in [1.165, 1.54) is 16.7 Å². The molecule has 3 N–H and O–H groups in total. The Balaban J connectivity index is 0.000000153. The third-order valence-electron chi connectivity index (χ3n) is 18.7. The third-order valence-corrected chi connectivity index (χ3v) is 19.0. The topological polar surface area (TPSA) is 219 Å². The summed E-state index contributed by atoms with van der Waals surface area (Å²) in [5.74, 6) is 1.84. The van der Waals surface area contributed by atoms with Gasteiger partial charge in [0.2, 0.25) is 5.91 Å². The minimum absolute atomic E-state index is 0. The van der Waals surface area contributed by atoms with Crippen LogP contribution in [0.2, 0.25) is 5.15 Å². The summed E-state index contributed by atoms with van der Waals surface area (Å²) < 4.78 is 5.69. The van der Waals surface area contributed by atoms with Gasteiger partial charge in [-0.3, -0.25) is 14.4 Å². The van der Waals surface area contributed by atoms with E-state index in [9.17, 15) is 14.4 Å². The fourth-order valence-electron chi connectivity index (χ4n) is 13.0. The van der Waals surface area contributed by atoms with E-state index in [2.05, 4.69) is 153 Å². The fourth-order valence-corrected chi connectivity index (χ4v) is 13.2. The maximum atomic E-state index is 12.7. The van der Waals surface area contributed by atoms with Crippen LogP contribution in [0.4, 0.5) is 5.82 Å². The predicted octanol–water partition coefficient (Wildman–Crippen LogP) is 14.5. The van der Waals surface area contributed by atoms with E-state index >= 15 is 0 Å². The molecule has 20 nitrogen and oxygen atoms in total. The lowest BCUT2D eigenvalue weighted by atomic mass is 9.91. The Hall–Kier alpha value is -10.1. The average molecular weight is 1390 g/mol. The second kappa shape index (κ2) is 35.0. The van der Waals surface area contributed by atoms with Gasteiger partial charge in [-0.1, -0.05) is 163 Å². The number of aryl methyl sites for hydroxylation is 6. The van der Waals surface area contributed by atoms with Gasteiger partial charge in [0.15, 0.2) is 16.5 Å². The number of carbonyl (C=O) groups excluding carboxylic acids is 2. The lowest BCUT2D eigenvalue weighted by molar-refractivity contribution is -0.125. The molecular formula is C81H96ClN17O3. The summed E-state index contributed by atoms with van der Waals surface area (Å²) in [7, 11) is 8.26. The van der Waals surface area contributed by atoms with Crippen LogP contribution >= 0.6 is 11.6 Å². The normalized spacial score (nSPS) is 13.3. The second-order valence-corrected chi connectivity index (χ2v) is 27.2. The zero-order valence-corrected chi connectivity index (χ0v) is 60.5. The average Bonchev–Trinajstić information content (AvgIpc) is 1.61. The summed E-state index contributed by atoms with van der Waals surface area (Å²) in [6, 6.07) is 54.6. The molecule has 14 rings (SSSR count). The van der Waals surface area contributed by atoms with E-state index < -0.39 is 0 Å². The van der Waals surface area contributed by atoms with Crippen LogP contribution in [0.15, 0.2) is 169 Å². The number of H-pyrrole nitrogens is 1. The van der Waals surface area contributed by atoms with E-state index in [1.807, 2.05) is 145 Å². The molecular weight excluding hydrogens is 1290 g/mol. The number of anilines is 1. The molecule has 2 saturated heterocycles. The van der Waals surface area contributed by atoms with Crippen molar-refractivity contribution in [3.05, 3.63) is 213 Å². The number of unbranched alkanes of at least 4 members (excludes halogenated alkanes) is 1. The Labute approximate surface area is 603 Å². The Kier molecular flexibility index (Phi) is 25.6. The van der Waals surface area contributed by atoms with E-state index in [1.54, 1.807) is 4.68 Å². The van der Waals surface area contributed by atoms with Crippen LogP contribution in [0.5, 0.6) is 0 Å². The van der Waals surface area contributed by atoms with Crippen molar-refractivity contribution < 1.29 is 9.59 Å². The maximum absolute atomic E-state index is 12.7. The first-order chi connectivity index (χ1) is 48.9. The van der Waals surface area contributed by atoms with Crippen LogP contribution in [0.3, 0.4) is 0 Å². The molecule has 0 atom stereocenters. The number of amides is 1. The molecule has 0 unspecified atom stereocenters. The van der Waals surface area contributed by atoms with Crippen molar-refractivity contribution in [2.24, 2.45) is 11.8 Å². The molecule has 2 aliphatic heterocycles. The Morgan fingerprint density at radius 1 is 0.500 bits per heavy atom. The summed E-state index contributed by atoms with van der Waals surface area (Å²) in [6.07, 6.45) is 7.63. The minimum Gasteiger partial charge on any atom is -0.356 e. The molecule has 2 aliphatic rings. The van der Waals surface area contributed by atoms with Crippen molar-refractivity contribution in [1.29, 1.82) is 0 Å². The Bertz CT molecular complexity index is 4790. The molecule has 0 aliphatic carbocycles. The molecule has 0 bridgehead atoms. The first-order valence-electron chi connectivity index (χ1n) is 35.0. The molecule has 0 spiro atoms. The van der Waals surface area contributed by atoms with Crippen molar-refractivity contribution in [2.75, 3.05) is 78.9 Å². The SMILES string of the molecule is C.CN(C)CCCCC(=O)C1CCNCC1.Cc1ccc(-n2nc3c(=O)[nH]nc(-c4ccccc4)c3c2C)cc1.Cc1ccc(-n2nc3c(Cl)nnc(-c4ccccc4)c3c2C)cc1.Cc1ccc(-n2nc3c(N4CCC(C(=O)NCCCN(C)C)CC4)nnc(-c4ccccc4)c3c2C)cc1. The number of benzene rings is 6. The number of aromatic nitrogens is 12. The van der Waals surface area contributed by atoms with E-state index in [0.29, 0.717) is 27.9 Å². The van der Waals surface area contributed by atoms with Gasteiger partial charge in [0.1, 0.15) is 33.9 Å². The van der Waals surface area contributed by atoms with E-state index in [-0.39, 0.29) is 24.8 Å². The van der Waals surface area contributed by atoms with Crippen LogP contribution in [0.25, 0.3) is 83.5 Å². The monoisotopic (exact) mass is 1390 g/mol. The van der Waals surface area contributed by atoms with Crippen molar-refractivity contribution in [3.8, 4) is 50.8 Å². The number of halogens is 1. The second-order valence-electron chi connectivity index (χ2n) is 26.8. The van der Waals surface area contributed by atoms with Crippen molar-refractivity contribution >= 4 is 61.8 Å². The zero-order chi connectivity index (χ0) is 71.1. The highest BCUT2D eigenvalue weighted by Gasteiger charge is 2.30.